The number of H-pyrrole nitrogens is 1. The second-order valence-electron chi connectivity index (χ2n) is 3.55. The smallest absolute Gasteiger partial charge is 0.254 e. The maximum atomic E-state index is 11.6. The molecule has 0 atom stereocenters. The van der Waals surface area contributed by atoms with E-state index >= 15 is 0 Å². The van der Waals surface area contributed by atoms with Crippen molar-refractivity contribution in [1.29, 1.82) is 0 Å². The number of aryl methyl sites for hydroxylation is 1. The first-order valence-electron chi connectivity index (χ1n) is 6.16. The van der Waals surface area contributed by atoms with E-state index in [0.717, 1.165) is 30.5 Å². The van der Waals surface area contributed by atoms with Crippen molar-refractivity contribution in [2.75, 3.05) is 6.61 Å². The monoisotopic (exact) mass is 236 g/mol. The van der Waals surface area contributed by atoms with Crippen molar-refractivity contribution >= 4 is 5.76 Å². The van der Waals surface area contributed by atoms with Crippen molar-refractivity contribution in [3.63, 3.8) is 0 Å². The molecule has 0 saturated heterocycles. The number of hydrogen-bond donors (Lipinski definition) is 1. The molecule has 0 unspecified atom stereocenters. The lowest BCUT2D eigenvalue weighted by atomic mass is 10.2. The molecule has 0 spiro atoms. The Bertz CT molecular complexity index is 449. The Hall–Kier alpha value is -1.58. The van der Waals surface area contributed by atoms with Gasteiger partial charge in [0.2, 0.25) is 0 Å². The van der Waals surface area contributed by atoms with Crippen LogP contribution < -0.4 is 5.56 Å². The molecule has 94 valence electrons. The zero-order chi connectivity index (χ0) is 12.8. The molecule has 1 heterocycles. The van der Waals surface area contributed by atoms with E-state index in [4.69, 9.17) is 4.74 Å². The summed E-state index contributed by atoms with van der Waals surface area (Å²) in [5, 5.41) is 0. The van der Waals surface area contributed by atoms with Crippen molar-refractivity contribution in [2.45, 2.75) is 40.0 Å². The fourth-order valence-electron chi connectivity index (χ4n) is 1.82. The molecule has 4 nitrogen and oxygen atoms in total. The lowest BCUT2D eigenvalue weighted by Gasteiger charge is -2.07. The van der Waals surface area contributed by atoms with E-state index in [0.29, 0.717) is 18.2 Å². The van der Waals surface area contributed by atoms with Gasteiger partial charge in [-0.2, -0.15) is 0 Å². The van der Waals surface area contributed by atoms with Crippen LogP contribution in [-0.2, 0) is 17.6 Å². The third-order valence-corrected chi connectivity index (χ3v) is 2.52. The predicted octanol–water partition coefficient (Wildman–Crippen LogP) is 2.29. The van der Waals surface area contributed by atoms with E-state index in [2.05, 4.69) is 16.5 Å². The van der Waals surface area contributed by atoms with Gasteiger partial charge in [-0.1, -0.05) is 20.4 Å². The molecule has 2 rings (SSSR count). The van der Waals surface area contributed by atoms with Crippen LogP contribution in [0.2, 0.25) is 0 Å². The quantitative estimate of drug-likeness (QED) is 0.819. The lowest BCUT2D eigenvalue weighted by Crippen LogP contribution is -2.17. The number of ether oxygens (including phenoxy) is 1. The molecule has 0 saturated carbocycles. The van der Waals surface area contributed by atoms with Crippen molar-refractivity contribution in [3.8, 4) is 0 Å². The summed E-state index contributed by atoms with van der Waals surface area (Å²) in [5.74, 6) is 0.895. The Morgan fingerprint density at radius 2 is 2.18 bits per heavy atom. The van der Waals surface area contributed by atoms with Gasteiger partial charge >= 0.3 is 0 Å². The Kier molecular flexibility index (Phi) is 4.94. The van der Waals surface area contributed by atoms with E-state index in [1.54, 1.807) is 0 Å². The van der Waals surface area contributed by atoms with Gasteiger partial charge in [-0.25, -0.2) is 4.98 Å². The summed E-state index contributed by atoms with van der Waals surface area (Å²) in [5.41, 5.74) is 1.67. The van der Waals surface area contributed by atoms with Crippen LogP contribution in [0, 0.1) is 0 Å². The highest BCUT2D eigenvalue weighted by atomic mass is 16.5. The number of aromatic nitrogens is 2. The second-order valence-corrected chi connectivity index (χ2v) is 3.55. The molecule has 0 aromatic carbocycles. The number of hydrogen-bond acceptors (Lipinski definition) is 3. The highest BCUT2D eigenvalue weighted by molar-refractivity contribution is 5.50. The van der Waals surface area contributed by atoms with Gasteiger partial charge in [0.25, 0.3) is 5.56 Å². The van der Waals surface area contributed by atoms with Crippen LogP contribution in [0.15, 0.2) is 11.4 Å². The van der Waals surface area contributed by atoms with Gasteiger partial charge in [-0.3, -0.25) is 4.79 Å². The highest BCUT2D eigenvalue weighted by Gasteiger charge is 2.17. The number of rotatable bonds is 3. The first kappa shape index (κ1) is 13.5. The van der Waals surface area contributed by atoms with Crippen molar-refractivity contribution in [1.82, 2.24) is 9.97 Å². The van der Waals surface area contributed by atoms with Gasteiger partial charge in [0.15, 0.2) is 11.6 Å². The summed E-state index contributed by atoms with van der Waals surface area (Å²) in [7, 11) is 0. The van der Waals surface area contributed by atoms with Crippen LogP contribution in [0.4, 0.5) is 0 Å². The topological polar surface area (TPSA) is 55.0 Å². The number of nitrogens with zero attached hydrogens (tertiary/aromatic N) is 1. The highest BCUT2D eigenvalue weighted by Crippen LogP contribution is 2.17. The first-order valence-corrected chi connectivity index (χ1v) is 6.16. The molecule has 0 radical (unpaired) electrons. The maximum absolute atomic E-state index is 11.6. The lowest BCUT2D eigenvalue weighted by molar-refractivity contribution is 0.296. The second kappa shape index (κ2) is 6.23. The summed E-state index contributed by atoms with van der Waals surface area (Å²) in [4.78, 5) is 18.7. The minimum atomic E-state index is -0.0478. The van der Waals surface area contributed by atoms with Gasteiger partial charge in [0.05, 0.1) is 12.3 Å². The summed E-state index contributed by atoms with van der Waals surface area (Å²) in [6.45, 7) is 10.1. The fourth-order valence-corrected chi connectivity index (χ4v) is 1.82. The third kappa shape index (κ3) is 2.96. The zero-order valence-electron chi connectivity index (χ0n) is 10.8. The van der Waals surface area contributed by atoms with Gasteiger partial charge in [0, 0.05) is 5.56 Å². The summed E-state index contributed by atoms with van der Waals surface area (Å²) in [6.07, 6.45) is 2.72. The van der Waals surface area contributed by atoms with E-state index in [1.807, 2.05) is 20.8 Å². The van der Waals surface area contributed by atoms with Crippen molar-refractivity contribution in [3.05, 3.63) is 34.0 Å². The van der Waals surface area contributed by atoms with Crippen LogP contribution in [0.3, 0.4) is 0 Å². The normalized spacial score (nSPS) is 12.4. The molecular formula is C13H20N2O2. The molecule has 0 amide bonds. The predicted molar refractivity (Wildman–Crippen MR) is 68.9 cm³/mol. The Morgan fingerprint density at radius 3 is 2.82 bits per heavy atom. The fraction of sp³-hybridized carbons (Fsp3) is 0.538. The molecule has 0 fully saturated rings. The zero-order valence-corrected chi connectivity index (χ0v) is 10.8. The Balaban J connectivity index is 0.000000686. The third-order valence-electron chi connectivity index (χ3n) is 2.52. The van der Waals surface area contributed by atoms with Crippen LogP contribution in [0.25, 0.3) is 5.76 Å². The molecular weight excluding hydrogens is 216 g/mol. The minimum Gasteiger partial charge on any atom is -0.491 e. The largest absolute Gasteiger partial charge is 0.491 e. The van der Waals surface area contributed by atoms with E-state index in [-0.39, 0.29) is 5.56 Å². The van der Waals surface area contributed by atoms with Gasteiger partial charge in [-0.05, 0) is 26.2 Å². The molecule has 4 heteroatoms. The average Bonchev–Trinajstić information content (AvgIpc) is 2.80. The Labute approximate surface area is 102 Å². The Morgan fingerprint density at radius 1 is 1.47 bits per heavy atom. The van der Waals surface area contributed by atoms with Crippen molar-refractivity contribution in [2.24, 2.45) is 0 Å². The maximum Gasteiger partial charge on any atom is 0.254 e. The van der Waals surface area contributed by atoms with Gasteiger partial charge in [0.1, 0.15) is 0 Å². The molecule has 1 aromatic heterocycles. The standard InChI is InChI=1S/C11H14N2O2.C2H6/c1-3-15-7(2)10-12-9-6-4-5-8(9)11(14)13-10;1-2/h2-6H2,1H3,(H,12,13,14);1-2H3. The summed E-state index contributed by atoms with van der Waals surface area (Å²) >= 11 is 0. The minimum absolute atomic E-state index is 0.0478. The summed E-state index contributed by atoms with van der Waals surface area (Å²) in [6, 6.07) is 0. The number of aromatic amines is 1. The molecule has 1 aliphatic rings. The van der Waals surface area contributed by atoms with E-state index in [9.17, 15) is 4.79 Å². The van der Waals surface area contributed by atoms with Crippen LogP contribution >= 0.6 is 0 Å². The average molecular weight is 236 g/mol. The molecule has 17 heavy (non-hydrogen) atoms. The van der Waals surface area contributed by atoms with E-state index in [1.165, 1.54) is 0 Å². The molecule has 0 bridgehead atoms. The molecule has 1 aromatic rings. The SMILES string of the molecule is C=C(OCC)c1nc2c(c(=O)[nH]1)CCC2.CC. The molecule has 1 N–H and O–H groups in total. The first-order chi connectivity index (χ1) is 8.22. The molecule has 0 aliphatic heterocycles. The van der Waals surface area contributed by atoms with Crippen LogP contribution in [-0.4, -0.2) is 16.6 Å². The van der Waals surface area contributed by atoms with Gasteiger partial charge in [-0.15, -0.1) is 0 Å². The number of nitrogens with one attached hydrogen (secondary N) is 1. The van der Waals surface area contributed by atoms with Crippen molar-refractivity contribution < 1.29 is 4.74 Å². The summed E-state index contributed by atoms with van der Waals surface area (Å²) < 4.78 is 5.22. The number of fused-ring (bicyclic) bond motifs is 1. The van der Waals surface area contributed by atoms with Crippen LogP contribution in [0.5, 0.6) is 0 Å². The van der Waals surface area contributed by atoms with Gasteiger partial charge < -0.3 is 9.72 Å². The van der Waals surface area contributed by atoms with E-state index < -0.39 is 0 Å². The molecule has 1 aliphatic carbocycles. The van der Waals surface area contributed by atoms with Crippen LogP contribution in [0.1, 0.15) is 44.3 Å².